The third kappa shape index (κ3) is 5.08. The highest BCUT2D eigenvalue weighted by Gasteiger charge is 2.48. The van der Waals surface area contributed by atoms with Crippen LogP contribution in [0.25, 0.3) is 0 Å². The molecule has 2 heterocycles. The van der Waals surface area contributed by atoms with Crippen LogP contribution in [-0.4, -0.2) is 39.4 Å². The van der Waals surface area contributed by atoms with Crippen LogP contribution in [-0.2, 0) is 36.8 Å². The van der Waals surface area contributed by atoms with Crippen LogP contribution in [0.5, 0.6) is 0 Å². The van der Waals surface area contributed by atoms with Crippen LogP contribution in [0.3, 0.4) is 0 Å². The van der Waals surface area contributed by atoms with Crippen LogP contribution < -0.4 is 0 Å². The molecule has 1 aliphatic rings. The van der Waals surface area contributed by atoms with Crippen LogP contribution in [0.1, 0.15) is 42.7 Å². The second-order valence-electron chi connectivity index (χ2n) is 8.17. The van der Waals surface area contributed by atoms with Crippen molar-refractivity contribution in [2.24, 2.45) is 0 Å². The molecule has 0 amide bonds. The second kappa shape index (κ2) is 8.48. The summed E-state index contributed by atoms with van der Waals surface area (Å²) in [6.07, 6.45) is -10.6. The SMILES string of the molecule is CC1(S(=O)(=O)c2cccc(C(F)(F)F)c2)CCOC(c2ncc(S(C)(=O)=O)cc2C(F)(F)F)C1. The van der Waals surface area contributed by atoms with Gasteiger partial charge in [0.1, 0.15) is 6.10 Å². The van der Waals surface area contributed by atoms with Gasteiger partial charge in [0.2, 0.25) is 0 Å². The van der Waals surface area contributed by atoms with Gasteiger partial charge < -0.3 is 4.74 Å². The first-order valence-electron chi connectivity index (χ1n) is 9.67. The summed E-state index contributed by atoms with van der Waals surface area (Å²) in [6.45, 7) is 0.905. The van der Waals surface area contributed by atoms with Gasteiger partial charge in [-0.25, -0.2) is 16.8 Å². The molecule has 0 radical (unpaired) electrons. The fourth-order valence-corrected chi connectivity index (χ4v) is 6.06. The highest BCUT2D eigenvalue weighted by atomic mass is 32.2. The Labute approximate surface area is 191 Å². The lowest BCUT2D eigenvalue weighted by Crippen LogP contribution is -2.42. The van der Waals surface area contributed by atoms with E-state index < -0.39 is 75.9 Å². The molecule has 2 aromatic rings. The molecule has 1 fully saturated rings. The zero-order valence-electron chi connectivity index (χ0n) is 17.7. The van der Waals surface area contributed by atoms with E-state index in [9.17, 15) is 43.2 Å². The first-order valence-corrected chi connectivity index (χ1v) is 13.0. The third-order valence-electron chi connectivity index (χ3n) is 5.62. The van der Waals surface area contributed by atoms with Crippen molar-refractivity contribution >= 4 is 19.7 Å². The first-order chi connectivity index (χ1) is 15.4. The van der Waals surface area contributed by atoms with E-state index in [0.29, 0.717) is 24.5 Å². The van der Waals surface area contributed by atoms with Gasteiger partial charge in [0.25, 0.3) is 0 Å². The van der Waals surface area contributed by atoms with E-state index in [0.717, 1.165) is 18.3 Å². The van der Waals surface area contributed by atoms with Gasteiger partial charge in [-0.3, -0.25) is 4.98 Å². The molecule has 14 heteroatoms. The number of rotatable bonds is 4. The van der Waals surface area contributed by atoms with Crippen LogP contribution in [0, 0.1) is 0 Å². The summed E-state index contributed by atoms with van der Waals surface area (Å²) in [5, 5.41) is 0. The Morgan fingerprint density at radius 1 is 1.00 bits per heavy atom. The smallest absolute Gasteiger partial charge is 0.372 e. The molecular weight excluding hydrogens is 512 g/mol. The van der Waals surface area contributed by atoms with Crippen LogP contribution >= 0.6 is 0 Å². The van der Waals surface area contributed by atoms with Gasteiger partial charge in [0.05, 0.1) is 31.4 Å². The molecule has 0 aliphatic carbocycles. The van der Waals surface area contributed by atoms with Gasteiger partial charge in [0.15, 0.2) is 19.7 Å². The van der Waals surface area contributed by atoms with Crippen molar-refractivity contribution in [3.05, 3.63) is 53.3 Å². The number of halogens is 6. The molecule has 2 atom stereocenters. The molecule has 1 aromatic carbocycles. The second-order valence-corrected chi connectivity index (χ2v) is 12.6. The largest absolute Gasteiger partial charge is 0.418 e. The Hall–Kier alpha value is -2.19. The minimum Gasteiger partial charge on any atom is -0.372 e. The highest BCUT2D eigenvalue weighted by molar-refractivity contribution is 7.92. The van der Waals surface area contributed by atoms with Crippen LogP contribution in [0.4, 0.5) is 26.3 Å². The van der Waals surface area contributed by atoms with Crippen molar-refractivity contribution in [3.63, 3.8) is 0 Å². The van der Waals surface area contributed by atoms with Gasteiger partial charge in [-0.15, -0.1) is 0 Å². The fourth-order valence-electron chi connectivity index (χ4n) is 3.66. The summed E-state index contributed by atoms with van der Waals surface area (Å²) >= 11 is 0. The van der Waals surface area contributed by atoms with Crippen molar-refractivity contribution in [1.29, 1.82) is 0 Å². The molecule has 0 spiro atoms. The molecule has 3 rings (SSSR count). The molecule has 6 nitrogen and oxygen atoms in total. The average molecular weight is 531 g/mol. The summed E-state index contributed by atoms with van der Waals surface area (Å²) < 4.78 is 134. The molecular formula is C20H19F6NO5S2. The number of alkyl halides is 6. The maximum atomic E-state index is 13.7. The van der Waals surface area contributed by atoms with Gasteiger partial charge in [-0.2, -0.15) is 26.3 Å². The summed E-state index contributed by atoms with van der Waals surface area (Å²) in [4.78, 5) is 2.33. The van der Waals surface area contributed by atoms with E-state index in [1.54, 1.807) is 0 Å². The van der Waals surface area contributed by atoms with Crippen molar-refractivity contribution < 1.29 is 47.9 Å². The van der Waals surface area contributed by atoms with E-state index in [-0.39, 0.29) is 13.0 Å². The first kappa shape index (κ1) is 26.4. The molecule has 34 heavy (non-hydrogen) atoms. The van der Waals surface area contributed by atoms with Gasteiger partial charge >= 0.3 is 12.4 Å². The molecule has 188 valence electrons. The lowest BCUT2D eigenvalue weighted by molar-refractivity contribution is -0.141. The number of pyridine rings is 1. The topological polar surface area (TPSA) is 90.4 Å². The monoisotopic (exact) mass is 531 g/mol. The van der Waals surface area contributed by atoms with Gasteiger partial charge in [-0.1, -0.05) is 6.07 Å². The van der Waals surface area contributed by atoms with Crippen molar-refractivity contribution in [3.8, 4) is 0 Å². The Morgan fingerprint density at radius 2 is 1.65 bits per heavy atom. The number of benzene rings is 1. The summed E-state index contributed by atoms with van der Waals surface area (Å²) in [5.41, 5.74) is -3.29. The van der Waals surface area contributed by atoms with E-state index in [2.05, 4.69) is 4.98 Å². The van der Waals surface area contributed by atoms with E-state index in [1.165, 1.54) is 6.92 Å². The summed E-state index contributed by atoms with van der Waals surface area (Å²) in [6, 6.07) is 3.50. The number of nitrogens with zero attached hydrogens (tertiary/aromatic N) is 1. The minimum atomic E-state index is -5.03. The summed E-state index contributed by atoms with van der Waals surface area (Å²) in [5.74, 6) is 0. The van der Waals surface area contributed by atoms with E-state index in [1.807, 2.05) is 0 Å². The standard InChI is InChI=1S/C20H19F6NO5S2/c1-18(34(30,31)13-5-3-4-12(8-13)19(21,22)23)6-7-32-16(10-18)17-15(20(24,25)26)9-14(11-27-17)33(2,28)29/h3-5,8-9,11,16H,6-7,10H2,1-2H3. The molecule has 0 bridgehead atoms. The summed E-state index contributed by atoms with van der Waals surface area (Å²) in [7, 11) is -8.47. The van der Waals surface area contributed by atoms with Crippen molar-refractivity contribution in [2.75, 3.05) is 12.9 Å². The normalized spacial score (nSPS) is 22.5. The predicted octanol–water partition coefficient (Wildman–Crippen LogP) is 4.61. The highest BCUT2D eigenvalue weighted by Crippen LogP contribution is 2.45. The lowest BCUT2D eigenvalue weighted by Gasteiger charge is -2.38. The van der Waals surface area contributed by atoms with E-state index >= 15 is 0 Å². The van der Waals surface area contributed by atoms with Crippen LogP contribution in [0.15, 0.2) is 46.3 Å². The van der Waals surface area contributed by atoms with E-state index in [4.69, 9.17) is 4.74 Å². The Balaban J connectivity index is 2.06. The third-order valence-corrected chi connectivity index (χ3v) is 9.24. The zero-order chi connectivity index (χ0) is 25.7. The number of sulfone groups is 2. The Morgan fingerprint density at radius 3 is 2.21 bits per heavy atom. The van der Waals surface area contributed by atoms with Crippen LogP contribution in [0.2, 0.25) is 0 Å². The maximum absolute atomic E-state index is 13.7. The minimum absolute atomic E-state index is 0.190. The maximum Gasteiger partial charge on any atom is 0.418 e. The average Bonchev–Trinajstić information content (AvgIpc) is 2.71. The quantitative estimate of drug-likeness (QED) is 0.536. The van der Waals surface area contributed by atoms with Crippen molar-refractivity contribution in [1.82, 2.24) is 4.98 Å². The lowest BCUT2D eigenvalue weighted by atomic mass is 9.93. The van der Waals surface area contributed by atoms with Gasteiger partial charge in [0, 0.05) is 19.1 Å². The Kier molecular flexibility index (Phi) is 6.59. The molecule has 2 unspecified atom stereocenters. The molecule has 1 saturated heterocycles. The molecule has 0 saturated carbocycles. The molecule has 1 aliphatic heterocycles. The number of hydrogen-bond acceptors (Lipinski definition) is 6. The molecule has 1 aromatic heterocycles. The number of ether oxygens (including phenoxy) is 1. The molecule has 0 N–H and O–H groups in total. The van der Waals surface area contributed by atoms with Gasteiger partial charge in [-0.05, 0) is 44.0 Å². The fraction of sp³-hybridized carbons (Fsp3) is 0.450. The zero-order valence-corrected chi connectivity index (χ0v) is 19.4. The van der Waals surface area contributed by atoms with Crippen molar-refractivity contribution in [2.45, 2.75) is 52.8 Å². The number of hydrogen-bond donors (Lipinski definition) is 0. The Bertz CT molecular complexity index is 1310. The number of aromatic nitrogens is 1. The predicted molar refractivity (Wildman–Crippen MR) is 107 cm³/mol.